The molecule has 7 heteroatoms. The zero-order valence-electron chi connectivity index (χ0n) is 19.7. The fraction of sp³-hybridized carbons (Fsp3) is 0.680. The molecule has 32 heavy (non-hydrogen) atoms. The number of carbonyl (C=O) groups excluding carboxylic acids is 1. The van der Waals surface area contributed by atoms with E-state index in [0.717, 1.165) is 62.4 Å². The molecule has 1 atom stereocenters. The first-order chi connectivity index (χ1) is 15.5. The number of allylic oxidation sites excluding steroid dienone is 2. The first-order valence-corrected chi connectivity index (χ1v) is 12.4. The van der Waals surface area contributed by atoms with Crippen molar-refractivity contribution in [2.24, 2.45) is 5.92 Å². The second-order valence-corrected chi connectivity index (χ2v) is 9.26. The van der Waals surface area contributed by atoms with E-state index in [-0.39, 0.29) is 5.91 Å². The van der Waals surface area contributed by atoms with Crippen molar-refractivity contribution in [2.45, 2.75) is 76.7 Å². The van der Waals surface area contributed by atoms with Gasteiger partial charge in [0.1, 0.15) is 6.26 Å². The van der Waals surface area contributed by atoms with Gasteiger partial charge in [-0.2, -0.15) is 0 Å². The molecule has 0 bridgehead atoms. The maximum absolute atomic E-state index is 11.8. The minimum absolute atomic E-state index is 0.108. The van der Waals surface area contributed by atoms with E-state index in [9.17, 15) is 4.79 Å². The first-order valence-electron chi connectivity index (χ1n) is 12.0. The summed E-state index contributed by atoms with van der Waals surface area (Å²) in [5, 5.41) is 11.5. The zero-order valence-corrected chi connectivity index (χ0v) is 20.5. The van der Waals surface area contributed by atoms with Crippen molar-refractivity contribution in [2.75, 3.05) is 26.8 Å². The molecule has 0 radical (unpaired) electrons. The summed E-state index contributed by atoms with van der Waals surface area (Å²) in [5.74, 6) is 1.22. The molecular formula is C25H40ClN3O3. The number of halogens is 1. The highest BCUT2D eigenvalue weighted by atomic mass is 35.5. The molecule has 1 heterocycles. The minimum Gasteiger partial charge on any atom is -0.384 e. The summed E-state index contributed by atoms with van der Waals surface area (Å²) < 4.78 is 10.2. The smallest absolute Gasteiger partial charge is 0.222 e. The number of rotatable bonds is 15. The van der Waals surface area contributed by atoms with Crippen LogP contribution in [0, 0.1) is 5.92 Å². The summed E-state index contributed by atoms with van der Waals surface area (Å²) >= 11 is 5.85. The van der Waals surface area contributed by atoms with Gasteiger partial charge in [0.25, 0.3) is 0 Å². The summed E-state index contributed by atoms with van der Waals surface area (Å²) in [5.41, 5.74) is 1.99. The van der Waals surface area contributed by atoms with Gasteiger partial charge in [0.05, 0.1) is 12.3 Å². The number of ether oxygens (including phenoxy) is 1. The fourth-order valence-electron chi connectivity index (χ4n) is 4.43. The minimum atomic E-state index is 0.108. The Morgan fingerprint density at radius 1 is 1.34 bits per heavy atom. The molecule has 1 aliphatic rings. The van der Waals surface area contributed by atoms with Crippen LogP contribution in [-0.2, 0) is 9.53 Å². The molecule has 180 valence electrons. The molecule has 1 aromatic heterocycles. The van der Waals surface area contributed by atoms with E-state index in [4.69, 9.17) is 20.9 Å². The van der Waals surface area contributed by atoms with Crippen LogP contribution in [0.2, 0.25) is 0 Å². The summed E-state index contributed by atoms with van der Waals surface area (Å²) in [4.78, 5) is 11.8. The fourth-order valence-corrected chi connectivity index (χ4v) is 4.49. The molecule has 2 N–H and O–H groups in total. The van der Waals surface area contributed by atoms with Gasteiger partial charge in [-0.15, -0.1) is 0 Å². The second kappa shape index (κ2) is 15.3. The number of methoxy groups -OCH3 is 1. The topological polar surface area (TPSA) is 76.4 Å². The first kappa shape index (κ1) is 26.6. The lowest BCUT2D eigenvalue weighted by Gasteiger charge is -2.29. The Morgan fingerprint density at radius 2 is 2.12 bits per heavy atom. The maximum atomic E-state index is 11.8. The molecule has 1 saturated carbocycles. The van der Waals surface area contributed by atoms with Crippen LogP contribution in [0.1, 0.15) is 81.9 Å². The third-order valence-electron chi connectivity index (χ3n) is 6.24. The van der Waals surface area contributed by atoms with Gasteiger partial charge in [-0.3, -0.25) is 4.79 Å². The number of aromatic nitrogens is 1. The van der Waals surface area contributed by atoms with E-state index in [1.807, 2.05) is 6.08 Å². The second-order valence-electron chi connectivity index (χ2n) is 8.78. The molecule has 0 aromatic carbocycles. The van der Waals surface area contributed by atoms with Gasteiger partial charge in [-0.25, -0.2) is 0 Å². The quantitative estimate of drug-likeness (QED) is 0.267. The summed E-state index contributed by atoms with van der Waals surface area (Å²) in [6.45, 7) is 8.39. The Bertz CT molecular complexity index is 711. The average Bonchev–Trinajstić information content (AvgIpc) is 3.25. The van der Waals surface area contributed by atoms with E-state index < -0.39 is 0 Å². The van der Waals surface area contributed by atoms with Crippen molar-refractivity contribution in [1.29, 1.82) is 0 Å². The highest BCUT2D eigenvalue weighted by molar-refractivity contribution is 6.31. The van der Waals surface area contributed by atoms with Crippen LogP contribution in [0.15, 0.2) is 28.5 Å². The number of carbonyl (C=O) groups is 1. The lowest BCUT2D eigenvalue weighted by atomic mass is 9.84. The summed E-state index contributed by atoms with van der Waals surface area (Å²) in [6.07, 6.45) is 14.8. The van der Waals surface area contributed by atoms with Crippen LogP contribution in [0.4, 0.5) is 0 Å². The molecule has 2 rings (SSSR count). The molecule has 1 unspecified atom stereocenters. The molecule has 1 amide bonds. The maximum Gasteiger partial charge on any atom is 0.222 e. The van der Waals surface area contributed by atoms with E-state index in [2.05, 4.69) is 29.3 Å². The Labute approximate surface area is 198 Å². The van der Waals surface area contributed by atoms with Crippen LogP contribution in [-0.4, -0.2) is 43.9 Å². The molecule has 1 fully saturated rings. The van der Waals surface area contributed by atoms with Crippen molar-refractivity contribution >= 4 is 23.6 Å². The number of hydrogen-bond donors (Lipinski definition) is 2. The number of nitrogens with zero attached hydrogens (tertiary/aromatic N) is 1. The van der Waals surface area contributed by atoms with Gasteiger partial charge in [-0.1, -0.05) is 36.7 Å². The monoisotopic (exact) mass is 465 g/mol. The summed E-state index contributed by atoms with van der Waals surface area (Å²) in [6, 6.07) is 0.333. The Morgan fingerprint density at radius 3 is 2.81 bits per heavy atom. The van der Waals surface area contributed by atoms with Crippen LogP contribution in [0.3, 0.4) is 0 Å². The Balaban J connectivity index is 1.66. The van der Waals surface area contributed by atoms with Crippen molar-refractivity contribution in [3.05, 3.63) is 35.2 Å². The van der Waals surface area contributed by atoms with Gasteiger partial charge in [0.2, 0.25) is 5.91 Å². The highest BCUT2D eigenvalue weighted by Gasteiger charge is 2.22. The van der Waals surface area contributed by atoms with Crippen molar-refractivity contribution in [3.63, 3.8) is 0 Å². The molecular weight excluding hydrogens is 426 g/mol. The molecule has 6 nitrogen and oxygen atoms in total. The predicted octanol–water partition coefficient (Wildman–Crippen LogP) is 5.41. The van der Waals surface area contributed by atoms with E-state index >= 15 is 0 Å². The Hall–Kier alpha value is -1.63. The van der Waals surface area contributed by atoms with Crippen molar-refractivity contribution in [1.82, 2.24) is 15.8 Å². The lowest BCUT2D eigenvalue weighted by molar-refractivity contribution is -0.122. The number of amides is 1. The van der Waals surface area contributed by atoms with Gasteiger partial charge in [0, 0.05) is 36.1 Å². The van der Waals surface area contributed by atoms with Gasteiger partial charge >= 0.3 is 0 Å². The molecule has 0 spiro atoms. The predicted molar refractivity (Wildman–Crippen MR) is 131 cm³/mol. The third-order valence-corrected chi connectivity index (χ3v) is 6.36. The largest absolute Gasteiger partial charge is 0.384 e. The average molecular weight is 466 g/mol. The van der Waals surface area contributed by atoms with E-state index in [1.54, 1.807) is 19.4 Å². The van der Waals surface area contributed by atoms with Crippen molar-refractivity contribution < 1.29 is 14.1 Å². The summed E-state index contributed by atoms with van der Waals surface area (Å²) in [7, 11) is 1.63. The highest BCUT2D eigenvalue weighted by Crippen LogP contribution is 2.28. The molecule has 0 aliphatic heterocycles. The standard InChI is InChI=1S/C25H40ClN3O3/c1-4-5-21(25-22(18-32-29-25)9-6-19(2)26)13-16-27-15-12-20-7-10-23(11-8-20)28-24(30)14-17-31-3/h6,9,18,20-21,23,27H,2,4-5,7-8,10-17H2,1,3H3,(H,28,30)/b9-6-. The van der Waals surface area contributed by atoms with Gasteiger partial charge in [-0.05, 0) is 76.1 Å². The van der Waals surface area contributed by atoms with Crippen LogP contribution in [0.5, 0.6) is 0 Å². The number of hydrogen-bond acceptors (Lipinski definition) is 5. The normalized spacial score (nSPS) is 19.8. The number of nitrogens with one attached hydrogen (secondary N) is 2. The van der Waals surface area contributed by atoms with Crippen molar-refractivity contribution in [3.8, 4) is 0 Å². The van der Waals surface area contributed by atoms with Crippen LogP contribution < -0.4 is 10.6 Å². The zero-order chi connectivity index (χ0) is 23.2. The Kier molecular flexibility index (Phi) is 12.7. The molecule has 0 saturated heterocycles. The van der Waals surface area contributed by atoms with E-state index in [0.29, 0.717) is 30.0 Å². The lowest BCUT2D eigenvalue weighted by Crippen LogP contribution is -2.38. The third kappa shape index (κ3) is 9.88. The SMILES string of the molecule is C=C(Cl)/C=C\c1conc1C(CCC)CCNCCC1CCC(NC(=O)CCOC)CC1. The van der Waals surface area contributed by atoms with E-state index in [1.165, 1.54) is 19.3 Å². The van der Waals surface area contributed by atoms with Gasteiger partial charge in [0.15, 0.2) is 0 Å². The van der Waals surface area contributed by atoms with Crippen LogP contribution >= 0.6 is 11.6 Å². The molecule has 1 aliphatic carbocycles. The van der Waals surface area contributed by atoms with Gasteiger partial charge < -0.3 is 19.9 Å². The van der Waals surface area contributed by atoms with Crippen LogP contribution in [0.25, 0.3) is 6.08 Å². The molecule has 1 aromatic rings.